The molecule has 0 aromatic heterocycles. The maximum Gasteiger partial charge on any atom is 0.262 e. The molecular formula is C20H23NO2. The van der Waals surface area contributed by atoms with Crippen LogP contribution >= 0.6 is 0 Å². The molecule has 3 nitrogen and oxygen atoms in total. The average molecular weight is 309 g/mol. The van der Waals surface area contributed by atoms with Crippen LogP contribution in [0.15, 0.2) is 48.5 Å². The highest BCUT2D eigenvalue weighted by molar-refractivity contribution is 6.08. The molecule has 0 aliphatic carbocycles. The molecule has 120 valence electrons. The second-order valence-corrected chi connectivity index (χ2v) is 6.36. The quantitative estimate of drug-likeness (QED) is 0.823. The fourth-order valence-corrected chi connectivity index (χ4v) is 2.87. The molecule has 0 N–H and O–H groups in total. The molecule has 2 aromatic carbocycles. The first-order valence-electron chi connectivity index (χ1n) is 8.28. The summed E-state index contributed by atoms with van der Waals surface area (Å²) in [6.45, 7) is 5.71. The van der Waals surface area contributed by atoms with Crippen molar-refractivity contribution in [1.82, 2.24) is 0 Å². The Hall–Kier alpha value is -2.29. The molecule has 0 bridgehead atoms. The zero-order valence-corrected chi connectivity index (χ0v) is 13.8. The minimum absolute atomic E-state index is 0.0232. The summed E-state index contributed by atoms with van der Waals surface area (Å²) in [6.07, 6.45) is 1.90. The number of para-hydroxylation sites is 2. The normalized spacial score (nSPS) is 13.3. The van der Waals surface area contributed by atoms with Gasteiger partial charge in [0, 0.05) is 12.2 Å². The lowest BCUT2D eigenvalue weighted by molar-refractivity contribution is 0.0985. The van der Waals surface area contributed by atoms with Crippen LogP contribution in [0.5, 0.6) is 5.75 Å². The highest BCUT2D eigenvalue weighted by Crippen LogP contribution is 2.30. The van der Waals surface area contributed by atoms with Gasteiger partial charge in [0.1, 0.15) is 5.75 Å². The first-order chi connectivity index (χ1) is 11.2. The van der Waals surface area contributed by atoms with Crippen molar-refractivity contribution >= 4 is 11.6 Å². The van der Waals surface area contributed by atoms with Gasteiger partial charge < -0.3 is 9.64 Å². The third kappa shape index (κ3) is 3.39. The van der Waals surface area contributed by atoms with E-state index in [1.807, 2.05) is 47.4 Å². The van der Waals surface area contributed by atoms with Gasteiger partial charge in [-0.2, -0.15) is 0 Å². The first kappa shape index (κ1) is 15.6. The molecule has 2 aromatic rings. The summed E-state index contributed by atoms with van der Waals surface area (Å²) in [5, 5.41) is 0. The van der Waals surface area contributed by atoms with Crippen molar-refractivity contribution in [2.75, 3.05) is 18.1 Å². The second-order valence-electron chi connectivity index (χ2n) is 6.36. The standard InChI is InChI=1S/C20H23NO2/c1-15(2)12-14-23-19-10-6-4-8-17(19)20(22)21-13-11-16-7-3-5-9-18(16)21/h3-10,15H,11-14H2,1-2H3. The minimum atomic E-state index is 0.0232. The highest BCUT2D eigenvalue weighted by atomic mass is 16.5. The van der Waals surface area contributed by atoms with Crippen LogP contribution in [0.2, 0.25) is 0 Å². The number of ether oxygens (including phenoxy) is 1. The number of anilines is 1. The van der Waals surface area contributed by atoms with Gasteiger partial charge in [-0.3, -0.25) is 4.79 Å². The molecule has 1 amide bonds. The molecule has 0 atom stereocenters. The van der Waals surface area contributed by atoms with Gasteiger partial charge in [0.05, 0.1) is 12.2 Å². The molecule has 0 spiro atoms. The summed E-state index contributed by atoms with van der Waals surface area (Å²) in [4.78, 5) is 14.8. The summed E-state index contributed by atoms with van der Waals surface area (Å²) < 4.78 is 5.87. The molecule has 3 heteroatoms. The van der Waals surface area contributed by atoms with Crippen LogP contribution in [0.25, 0.3) is 0 Å². The summed E-state index contributed by atoms with van der Waals surface area (Å²) in [7, 11) is 0. The van der Waals surface area contributed by atoms with Gasteiger partial charge in [-0.1, -0.05) is 44.2 Å². The van der Waals surface area contributed by atoms with E-state index in [2.05, 4.69) is 19.9 Å². The van der Waals surface area contributed by atoms with E-state index in [1.165, 1.54) is 5.56 Å². The third-order valence-electron chi connectivity index (χ3n) is 4.20. The fourth-order valence-electron chi connectivity index (χ4n) is 2.87. The van der Waals surface area contributed by atoms with Gasteiger partial charge in [0.25, 0.3) is 5.91 Å². The second kappa shape index (κ2) is 6.86. The number of amides is 1. The van der Waals surface area contributed by atoms with Crippen LogP contribution in [0.3, 0.4) is 0 Å². The van der Waals surface area contributed by atoms with Crippen LogP contribution in [-0.4, -0.2) is 19.1 Å². The van der Waals surface area contributed by atoms with E-state index < -0.39 is 0 Å². The van der Waals surface area contributed by atoms with Crippen LogP contribution in [0, 0.1) is 5.92 Å². The number of hydrogen-bond acceptors (Lipinski definition) is 2. The Kier molecular flexibility index (Phi) is 4.65. The predicted octanol–water partition coefficient (Wildman–Crippen LogP) is 4.31. The molecule has 0 fully saturated rings. The van der Waals surface area contributed by atoms with Crippen molar-refractivity contribution in [3.63, 3.8) is 0 Å². The van der Waals surface area contributed by atoms with E-state index in [4.69, 9.17) is 4.74 Å². The number of benzene rings is 2. The van der Waals surface area contributed by atoms with Crippen LogP contribution in [0.1, 0.15) is 36.2 Å². The maximum absolute atomic E-state index is 13.0. The largest absolute Gasteiger partial charge is 0.493 e. The summed E-state index contributed by atoms with van der Waals surface area (Å²) in [5.41, 5.74) is 2.90. The summed E-state index contributed by atoms with van der Waals surface area (Å²) >= 11 is 0. The van der Waals surface area contributed by atoms with E-state index in [0.29, 0.717) is 23.8 Å². The zero-order chi connectivity index (χ0) is 16.2. The monoisotopic (exact) mass is 309 g/mol. The van der Waals surface area contributed by atoms with E-state index >= 15 is 0 Å². The molecule has 1 aliphatic heterocycles. The minimum Gasteiger partial charge on any atom is -0.493 e. The Bertz CT molecular complexity index is 694. The lowest BCUT2D eigenvalue weighted by Gasteiger charge is -2.19. The maximum atomic E-state index is 13.0. The van der Waals surface area contributed by atoms with Crippen LogP contribution in [0.4, 0.5) is 5.69 Å². The number of nitrogens with zero attached hydrogens (tertiary/aromatic N) is 1. The molecule has 23 heavy (non-hydrogen) atoms. The first-order valence-corrected chi connectivity index (χ1v) is 8.28. The van der Waals surface area contributed by atoms with Crippen molar-refractivity contribution in [3.05, 3.63) is 59.7 Å². The smallest absolute Gasteiger partial charge is 0.262 e. The molecule has 3 rings (SSSR count). The van der Waals surface area contributed by atoms with Gasteiger partial charge in [0.15, 0.2) is 0 Å². The van der Waals surface area contributed by atoms with E-state index in [9.17, 15) is 4.79 Å². The molecule has 0 unspecified atom stereocenters. The number of carbonyl (C=O) groups is 1. The van der Waals surface area contributed by atoms with Crippen molar-refractivity contribution in [1.29, 1.82) is 0 Å². The lowest BCUT2D eigenvalue weighted by Crippen LogP contribution is -2.29. The van der Waals surface area contributed by atoms with Crippen molar-refractivity contribution in [2.24, 2.45) is 5.92 Å². The zero-order valence-electron chi connectivity index (χ0n) is 13.8. The Morgan fingerprint density at radius 1 is 1.13 bits per heavy atom. The lowest BCUT2D eigenvalue weighted by atomic mass is 10.1. The topological polar surface area (TPSA) is 29.5 Å². The van der Waals surface area contributed by atoms with E-state index in [0.717, 1.165) is 25.1 Å². The SMILES string of the molecule is CC(C)CCOc1ccccc1C(=O)N1CCc2ccccc21. The van der Waals surface area contributed by atoms with Crippen LogP contribution < -0.4 is 9.64 Å². The number of hydrogen-bond donors (Lipinski definition) is 0. The fraction of sp³-hybridized carbons (Fsp3) is 0.350. The van der Waals surface area contributed by atoms with Crippen molar-refractivity contribution < 1.29 is 9.53 Å². The third-order valence-corrected chi connectivity index (χ3v) is 4.20. The number of fused-ring (bicyclic) bond motifs is 1. The molecule has 0 saturated carbocycles. The Morgan fingerprint density at radius 2 is 1.87 bits per heavy atom. The van der Waals surface area contributed by atoms with Gasteiger partial charge in [-0.05, 0) is 42.5 Å². The van der Waals surface area contributed by atoms with Gasteiger partial charge >= 0.3 is 0 Å². The highest BCUT2D eigenvalue weighted by Gasteiger charge is 2.26. The average Bonchev–Trinajstić information content (AvgIpc) is 2.98. The van der Waals surface area contributed by atoms with E-state index in [-0.39, 0.29) is 5.91 Å². The van der Waals surface area contributed by atoms with E-state index in [1.54, 1.807) is 0 Å². The molecule has 0 radical (unpaired) electrons. The molecular weight excluding hydrogens is 286 g/mol. The Balaban J connectivity index is 1.81. The predicted molar refractivity (Wildman–Crippen MR) is 93.2 cm³/mol. The summed E-state index contributed by atoms with van der Waals surface area (Å²) in [5.74, 6) is 1.29. The van der Waals surface area contributed by atoms with Gasteiger partial charge in [0.2, 0.25) is 0 Å². The summed E-state index contributed by atoms with van der Waals surface area (Å²) in [6, 6.07) is 15.7. The van der Waals surface area contributed by atoms with Crippen LogP contribution in [-0.2, 0) is 6.42 Å². The van der Waals surface area contributed by atoms with Crippen molar-refractivity contribution in [3.8, 4) is 5.75 Å². The molecule has 0 saturated heterocycles. The number of rotatable bonds is 5. The van der Waals surface area contributed by atoms with Gasteiger partial charge in [-0.25, -0.2) is 0 Å². The number of carbonyl (C=O) groups excluding carboxylic acids is 1. The Morgan fingerprint density at radius 3 is 2.70 bits per heavy atom. The molecule has 1 aliphatic rings. The van der Waals surface area contributed by atoms with Crippen molar-refractivity contribution in [2.45, 2.75) is 26.7 Å². The van der Waals surface area contributed by atoms with Gasteiger partial charge in [-0.15, -0.1) is 0 Å². The molecule has 1 heterocycles. The Labute approximate surface area is 137 Å².